The Morgan fingerprint density at radius 3 is 2.06 bits per heavy atom. The number of aldehydes is 1. The Morgan fingerprint density at radius 2 is 1.50 bits per heavy atom. The first kappa shape index (κ1) is 12.7. The summed E-state index contributed by atoms with van der Waals surface area (Å²) in [5.41, 5.74) is 0.205. The van der Waals surface area contributed by atoms with Gasteiger partial charge in [-0.1, -0.05) is 17.8 Å². The molecule has 5 heteroatoms. The average Bonchev–Trinajstić information content (AvgIpc) is 2.34. The largest absolute Gasteiger partial charge is 0.298 e. The second kappa shape index (κ2) is 5.27. The molecule has 92 valence electrons. The van der Waals surface area contributed by atoms with Crippen LogP contribution in [0.1, 0.15) is 10.4 Å². The highest BCUT2D eigenvalue weighted by Crippen LogP contribution is 2.32. The van der Waals surface area contributed by atoms with Gasteiger partial charge in [0.1, 0.15) is 23.7 Å². The molecule has 2 rings (SSSR count). The first-order valence-corrected chi connectivity index (χ1v) is 5.79. The number of halogens is 3. The van der Waals surface area contributed by atoms with Gasteiger partial charge in [-0.05, 0) is 24.3 Å². The Morgan fingerprint density at radius 1 is 0.889 bits per heavy atom. The van der Waals surface area contributed by atoms with Crippen molar-refractivity contribution >= 4 is 18.0 Å². The number of carbonyl (C=O) groups excluding carboxylic acids is 1. The lowest BCUT2D eigenvalue weighted by atomic mass is 10.2. The van der Waals surface area contributed by atoms with Crippen LogP contribution in [0.25, 0.3) is 0 Å². The normalized spacial score (nSPS) is 10.4. The summed E-state index contributed by atoms with van der Waals surface area (Å²) in [5, 5.41) is 0. The van der Waals surface area contributed by atoms with E-state index in [4.69, 9.17) is 0 Å². The summed E-state index contributed by atoms with van der Waals surface area (Å²) >= 11 is 0.836. The maximum absolute atomic E-state index is 13.6. The molecule has 2 aromatic rings. The molecular formula is C13H7F3OS. The van der Waals surface area contributed by atoms with Crippen molar-refractivity contribution < 1.29 is 18.0 Å². The number of benzene rings is 2. The minimum atomic E-state index is -0.751. The zero-order valence-electron chi connectivity index (χ0n) is 8.99. The molecule has 0 atom stereocenters. The molecule has 0 aromatic heterocycles. The van der Waals surface area contributed by atoms with Crippen LogP contribution in [-0.2, 0) is 0 Å². The Bertz CT molecular complexity index is 599. The average molecular weight is 268 g/mol. The monoisotopic (exact) mass is 268 g/mol. The SMILES string of the molecule is O=Cc1ccc(Sc2ccc(F)cc2F)c(F)c1. The van der Waals surface area contributed by atoms with Crippen LogP contribution in [0.15, 0.2) is 46.2 Å². The summed E-state index contributed by atoms with van der Waals surface area (Å²) in [6.07, 6.45) is 0.524. The summed E-state index contributed by atoms with van der Waals surface area (Å²) in [6, 6.07) is 6.95. The van der Waals surface area contributed by atoms with Gasteiger partial charge in [-0.3, -0.25) is 4.79 Å². The first-order valence-electron chi connectivity index (χ1n) is 4.98. The maximum Gasteiger partial charge on any atom is 0.150 e. The van der Waals surface area contributed by atoms with Crippen LogP contribution < -0.4 is 0 Å². The quantitative estimate of drug-likeness (QED) is 0.781. The molecule has 0 aliphatic carbocycles. The van der Waals surface area contributed by atoms with Crippen molar-refractivity contribution in [2.45, 2.75) is 9.79 Å². The standard InChI is InChI=1S/C13H7F3OS/c14-9-2-4-13(11(16)6-9)18-12-3-1-8(7-17)5-10(12)15/h1-7H. The van der Waals surface area contributed by atoms with Crippen LogP contribution in [0.3, 0.4) is 0 Å². The summed E-state index contributed by atoms with van der Waals surface area (Å²) in [6.45, 7) is 0. The highest BCUT2D eigenvalue weighted by molar-refractivity contribution is 7.99. The van der Waals surface area contributed by atoms with E-state index in [1.807, 2.05) is 0 Å². The molecular weight excluding hydrogens is 261 g/mol. The fraction of sp³-hybridized carbons (Fsp3) is 0. The van der Waals surface area contributed by atoms with E-state index in [1.165, 1.54) is 18.2 Å². The molecule has 0 radical (unpaired) electrons. The third-order valence-corrected chi connectivity index (χ3v) is 3.31. The van der Waals surface area contributed by atoms with Crippen molar-refractivity contribution in [3.05, 3.63) is 59.4 Å². The van der Waals surface area contributed by atoms with Gasteiger partial charge in [0.15, 0.2) is 0 Å². The van der Waals surface area contributed by atoms with Crippen LogP contribution in [0, 0.1) is 17.5 Å². The molecule has 18 heavy (non-hydrogen) atoms. The minimum absolute atomic E-state index is 0.120. The van der Waals surface area contributed by atoms with Gasteiger partial charge in [0.05, 0.1) is 0 Å². The summed E-state index contributed by atoms with van der Waals surface area (Å²) in [5.74, 6) is -2.05. The Hall–Kier alpha value is -1.75. The minimum Gasteiger partial charge on any atom is -0.298 e. The van der Waals surface area contributed by atoms with E-state index >= 15 is 0 Å². The predicted molar refractivity (Wildman–Crippen MR) is 62.3 cm³/mol. The molecule has 0 aliphatic heterocycles. The van der Waals surface area contributed by atoms with Gasteiger partial charge in [-0.2, -0.15) is 0 Å². The van der Waals surface area contributed by atoms with Gasteiger partial charge in [0.25, 0.3) is 0 Å². The molecule has 1 nitrogen and oxygen atoms in total. The molecule has 0 amide bonds. The van der Waals surface area contributed by atoms with Crippen molar-refractivity contribution in [1.82, 2.24) is 0 Å². The molecule has 2 aromatic carbocycles. The van der Waals surface area contributed by atoms with Crippen molar-refractivity contribution in [3.63, 3.8) is 0 Å². The van der Waals surface area contributed by atoms with E-state index in [2.05, 4.69) is 0 Å². The van der Waals surface area contributed by atoms with Crippen LogP contribution >= 0.6 is 11.8 Å². The molecule has 0 unspecified atom stereocenters. The summed E-state index contributed by atoms with van der Waals surface area (Å²) in [7, 11) is 0. The zero-order valence-corrected chi connectivity index (χ0v) is 9.81. The predicted octanol–water partition coefficient (Wildman–Crippen LogP) is 4.07. The van der Waals surface area contributed by atoms with Crippen molar-refractivity contribution in [1.29, 1.82) is 0 Å². The maximum atomic E-state index is 13.6. The molecule has 0 bridgehead atoms. The second-order valence-corrected chi connectivity index (χ2v) is 4.57. The van der Waals surface area contributed by atoms with Crippen LogP contribution in [0.2, 0.25) is 0 Å². The van der Waals surface area contributed by atoms with Crippen molar-refractivity contribution in [2.24, 2.45) is 0 Å². The number of hydrogen-bond donors (Lipinski definition) is 0. The van der Waals surface area contributed by atoms with E-state index in [9.17, 15) is 18.0 Å². The molecule has 0 heterocycles. The van der Waals surface area contributed by atoms with Gasteiger partial charge >= 0.3 is 0 Å². The molecule has 0 N–H and O–H groups in total. The fourth-order valence-electron chi connectivity index (χ4n) is 1.35. The number of carbonyl (C=O) groups is 1. The third kappa shape index (κ3) is 2.73. The van der Waals surface area contributed by atoms with Crippen molar-refractivity contribution in [3.8, 4) is 0 Å². The number of hydrogen-bond acceptors (Lipinski definition) is 2. The fourth-order valence-corrected chi connectivity index (χ4v) is 2.17. The lowest BCUT2D eigenvalue weighted by Gasteiger charge is -2.05. The van der Waals surface area contributed by atoms with Gasteiger partial charge in [-0.25, -0.2) is 13.2 Å². The Balaban J connectivity index is 2.31. The topological polar surface area (TPSA) is 17.1 Å². The smallest absolute Gasteiger partial charge is 0.150 e. The molecule has 0 saturated heterocycles. The van der Waals surface area contributed by atoms with E-state index in [0.717, 1.165) is 30.0 Å². The van der Waals surface area contributed by atoms with Crippen LogP contribution in [0.4, 0.5) is 13.2 Å². The summed E-state index contributed by atoms with van der Waals surface area (Å²) < 4.78 is 39.6. The third-order valence-electron chi connectivity index (χ3n) is 2.21. The zero-order chi connectivity index (χ0) is 13.1. The van der Waals surface area contributed by atoms with Crippen LogP contribution in [-0.4, -0.2) is 6.29 Å². The van der Waals surface area contributed by atoms with E-state index in [0.29, 0.717) is 6.29 Å². The molecule has 0 aliphatic rings. The Labute approximate surface area is 106 Å². The highest BCUT2D eigenvalue weighted by Gasteiger charge is 2.09. The van der Waals surface area contributed by atoms with E-state index < -0.39 is 17.5 Å². The van der Waals surface area contributed by atoms with Gasteiger partial charge in [-0.15, -0.1) is 0 Å². The van der Waals surface area contributed by atoms with E-state index in [1.54, 1.807) is 0 Å². The second-order valence-electron chi connectivity index (χ2n) is 3.48. The first-order chi connectivity index (χ1) is 8.60. The molecule has 0 spiro atoms. The molecule has 0 saturated carbocycles. The van der Waals surface area contributed by atoms with Crippen LogP contribution in [0.5, 0.6) is 0 Å². The Kier molecular flexibility index (Phi) is 3.72. The van der Waals surface area contributed by atoms with Gasteiger partial charge in [0.2, 0.25) is 0 Å². The molecule has 0 fully saturated rings. The lowest BCUT2D eigenvalue weighted by Crippen LogP contribution is -1.88. The lowest BCUT2D eigenvalue weighted by molar-refractivity contribution is 0.112. The van der Waals surface area contributed by atoms with E-state index in [-0.39, 0.29) is 15.4 Å². The number of rotatable bonds is 3. The summed E-state index contributed by atoms with van der Waals surface area (Å²) in [4.78, 5) is 10.7. The van der Waals surface area contributed by atoms with Gasteiger partial charge < -0.3 is 0 Å². The van der Waals surface area contributed by atoms with Gasteiger partial charge in [0, 0.05) is 21.4 Å². The van der Waals surface area contributed by atoms with Crippen molar-refractivity contribution in [2.75, 3.05) is 0 Å². The highest BCUT2D eigenvalue weighted by atomic mass is 32.2.